The van der Waals surface area contributed by atoms with Crippen LogP contribution in [0.4, 0.5) is 0 Å². The molecular weight excluding hydrogens is 318 g/mol. The average Bonchev–Trinajstić information content (AvgIpc) is 2.82. The average molecular weight is 364 g/mol. The Morgan fingerprint density at radius 3 is 2.54 bits per heavy atom. The van der Waals surface area contributed by atoms with E-state index in [0.717, 1.165) is 37.1 Å². The van der Waals surface area contributed by atoms with Crippen molar-refractivity contribution in [3.8, 4) is 0 Å². The highest BCUT2D eigenvalue weighted by Crippen LogP contribution is 2.59. The van der Waals surface area contributed by atoms with Gasteiger partial charge in [-0.3, -0.25) is 0 Å². The van der Waals surface area contributed by atoms with Crippen LogP contribution >= 0.6 is 0 Å². The van der Waals surface area contributed by atoms with Crippen molar-refractivity contribution in [1.82, 2.24) is 5.32 Å². The van der Waals surface area contributed by atoms with Gasteiger partial charge in [0, 0.05) is 12.1 Å². The number of hydrogen-bond acceptors (Lipinski definition) is 2. The van der Waals surface area contributed by atoms with Gasteiger partial charge in [0.05, 0.1) is 5.60 Å². The zero-order chi connectivity index (χ0) is 19.6. The molecule has 152 valence electrons. The van der Waals surface area contributed by atoms with Crippen LogP contribution < -0.4 is 5.32 Å². The molecule has 0 amide bonds. The van der Waals surface area contributed by atoms with Gasteiger partial charge in [0.1, 0.15) is 0 Å². The molecule has 2 heteroatoms. The van der Waals surface area contributed by atoms with Crippen LogP contribution in [0.15, 0.2) is 11.6 Å². The lowest BCUT2D eigenvalue weighted by atomic mass is 9.60. The minimum absolute atomic E-state index is 0.197. The summed E-state index contributed by atoms with van der Waals surface area (Å²) in [4.78, 5) is 0. The van der Waals surface area contributed by atoms with Crippen molar-refractivity contribution < 1.29 is 5.11 Å². The zero-order valence-electron chi connectivity index (χ0n) is 18.6. The molecule has 2 fully saturated rings. The van der Waals surface area contributed by atoms with E-state index in [-0.39, 0.29) is 5.54 Å². The van der Waals surface area contributed by atoms with Crippen molar-refractivity contribution in [2.75, 3.05) is 6.54 Å². The first kappa shape index (κ1) is 22.0. The number of allylic oxidation sites excluding steroid dienone is 1. The highest BCUT2D eigenvalue weighted by Gasteiger charge is 2.50. The van der Waals surface area contributed by atoms with E-state index in [1.807, 2.05) is 13.8 Å². The topological polar surface area (TPSA) is 32.3 Å². The summed E-state index contributed by atoms with van der Waals surface area (Å²) in [5.74, 6) is 2.44. The van der Waals surface area contributed by atoms with E-state index in [4.69, 9.17) is 0 Å². The van der Waals surface area contributed by atoms with Crippen molar-refractivity contribution in [1.29, 1.82) is 0 Å². The SMILES string of the molecule is C[C@H](CCCC(C)(C)O)[C@H]1CC[C@H]2/C(=C/CNC(C)(C)C)CCC[C@]12C. The third-order valence-electron chi connectivity index (χ3n) is 7.17. The van der Waals surface area contributed by atoms with Crippen LogP contribution in [0.2, 0.25) is 0 Å². The minimum Gasteiger partial charge on any atom is -0.390 e. The normalized spacial score (nSPS) is 32.7. The van der Waals surface area contributed by atoms with Crippen LogP contribution in [0.25, 0.3) is 0 Å². The Labute approximate surface area is 163 Å². The van der Waals surface area contributed by atoms with Gasteiger partial charge in [0.25, 0.3) is 0 Å². The standard InChI is InChI=1S/C24H45NO/c1-18(10-8-15-23(5,6)26)20-12-13-21-19(11-9-16-24(20,21)7)14-17-25-22(2,3)4/h14,18,20-21,25-26H,8-13,15-17H2,1-7H3/b19-14+/t18-,20-,21+,24-/m1/s1. The van der Waals surface area contributed by atoms with Crippen LogP contribution in [0.3, 0.4) is 0 Å². The van der Waals surface area contributed by atoms with Gasteiger partial charge in [-0.2, -0.15) is 0 Å². The highest BCUT2D eigenvalue weighted by molar-refractivity contribution is 5.19. The summed E-state index contributed by atoms with van der Waals surface area (Å²) in [6, 6.07) is 0. The van der Waals surface area contributed by atoms with Crippen LogP contribution in [-0.4, -0.2) is 22.8 Å². The molecular formula is C24H45NO. The second kappa shape index (κ2) is 8.35. The van der Waals surface area contributed by atoms with Crippen molar-refractivity contribution in [3.05, 3.63) is 11.6 Å². The first-order valence-corrected chi connectivity index (χ1v) is 11.1. The number of nitrogens with one attached hydrogen (secondary N) is 1. The molecule has 2 N–H and O–H groups in total. The summed E-state index contributed by atoms with van der Waals surface area (Å²) in [6.45, 7) is 16.7. The predicted molar refractivity (Wildman–Crippen MR) is 113 cm³/mol. The maximum absolute atomic E-state index is 9.99. The van der Waals surface area contributed by atoms with Crippen LogP contribution in [0, 0.1) is 23.2 Å². The van der Waals surface area contributed by atoms with Crippen LogP contribution in [-0.2, 0) is 0 Å². The molecule has 4 atom stereocenters. The zero-order valence-corrected chi connectivity index (χ0v) is 18.6. The van der Waals surface area contributed by atoms with Gasteiger partial charge in [0.2, 0.25) is 0 Å². The highest BCUT2D eigenvalue weighted by atomic mass is 16.3. The molecule has 2 nitrogen and oxygen atoms in total. The van der Waals surface area contributed by atoms with Crippen molar-refractivity contribution in [2.24, 2.45) is 23.2 Å². The van der Waals surface area contributed by atoms with E-state index >= 15 is 0 Å². The van der Waals surface area contributed by atoms with Gasteiger partial charge >= 0.3 is 0 Å². The predicted octanol–water partition coefficient (Wildman–Crippen LogP) is 6.09. The van der Waals surface area contributed by atoms with Gasteiger partial charge in [-0.25, -0.2) is 0 Å². The Hall–Kier alpha value is -0.340. The summed E-state index contributed by atoms with van der Waals surface area (Å²) in [7, 11) is 0. The fourth-order valence-electron chi connectivity index (χ4n) is 5.81. The molecule has 0 aromatic carbocycles. The molecule has 0 aromatic rings. The summed E-state index contributed by atoms with van der Waals surface area (Å²) >= 11 is 0. The third-order valence-corrected chi connectivity index (χ3v) is 7.17. The Balaban J connectivity index is 1.98. The van der Waals surface area contributed by atoms with E-state index < -0.39 is 5.60 Å². The number of rotatable bonds is 7. The van der Waals surface area contributed by atoms with Gasteiger partial charge in [-0.1, -0.05) is 38.3 Å². The Bertz CT molecular complexity index is 481. The molecule has 0 spiro atoms. The Morgan fingerprint density at radius 1 is 1.23 bits per heavy atom. The van der Waals surface area contributed by atoms with Crippen molar-refractivity contribution >= 4 is 0 Å². The van der Waals surface area contributed by atoms with Crippen molar-refractivity contribution in [3.63, 3.8) is 0 Å². The second-order valence-corrected chi connectivity index (χ2v) is 11.2. The van der Waals surface area contributed by atoms with Crippen molar-refractivity contribution in [2.45, 2.75) is 111 Å². The first-order chi connectivity index (χ1) is 11.9. The van der Waals surface area contributed by atoms with E-state index in [2.05, 4.69) is 46.0 Å². The number of aliphatic hydroxyl groups is 1. The van der Waals surface area contributed by atoms with E-state index in [9.17, 15) is 5.11 Å². The van der Waals surface area contributed by atoms with Gasteiger partial charge in [-0.15, -0.1) is 0 Å². The number of hydrogen-bond donors (Lipinski definition) is 2. The lowest BCUT2D eigenvalue weighted by molar-refractivity contribution is 0.0596. The molecule has 2 aliphatic carbocycles. The van der Waals surface area contributed by atoms with Gasteiger partial charge < -0.3 is 10.4 Å². The molecule has 0 radical (unpaired) electrons. The van der Waals surface area contributed by atoms with E-state index in [1.54, 1.807) is 5.57 Å². The van der Waals surface area contributed by atoms with Gasteiger partial charge in [0.15, 0.2) is 0 Å². The summed E-state index contributed by atoms with van der Waals surface area (Å²) in [6.07, 6.45) is 12.7. The molecule has 0 saturated heterocycles. The maximum atomic E-state index is 9.99. The maximum Gasteiger partial charge on any atom is 0.0591 e. The second-order valence-electron chi connectivity index (χ2n) is 11.2. The fraction of sp³-hybridized carbons (Fsp3) is 0.917. The monoisotopic (exact) mass is 363 g/mol. The van der Waals surface area contributed by atoms with E-state index in [1.165, 1.54) is 38.5 Å². The lowest BCUT2D eigenvalue weighted by Gasteiger charge is -2.44. The minimum atomic E-state index is -0.511. The Morgan fingerprint density at radius 2 is 1.92 bits per heavy atom. The van der Waals surface area contributed by atoms with Gasteiger partial charge in [-0.05, 0) is 96.3 Å². The molecule has 2 saturated carbocycles. The molecule has 0 heterocycles. The molecule has 0 bridgehead atoms. The third kappa shape index (κ3) is 5.83. The van der Waals surface area contributed by atoms with Crippen LogP contribution in [0.1, 0.15) is 99.8 Å². The Kier molecular flexibility index (Phi) is 7.05. The summed E-state index contributed by atoms with van der Waals surface area (Å²) in [5, 5.41) is 13.6. The largest absolute Gasteiger partial charge is 0.390 e. The first-order valence-electron chi connectivity index (χ1n) is 11.1. The molecule has 0 unspecified atom stereocenters. The fourth-order valence-corrected chi connectivity index (χ4v) is 5.81. The number of fused-ring (bicyclic) bond motifs is 1. The van der Waals surface area contributed by atoms with Crippen LogP contribution in [0.5, 0.6) is 0 Å². The molecule has 0 aliphatic heterocycles. The smallest absolute Gasteiger partial charge is 0.0591 e. The van der Waals surface area contributed by atoms with E-state index in [0.29, 0.717) is 5.41 Å². The molecule has 2 rings (SSSR count). The lowest BCUT2D eigenvalue weighted by Crippen LogP contribution is -2.38. The molecule has 2 aliphatic rings. The quantitative estimate of drug-likeness (QED) is 0.536. The molecule has 26 heavy (non-hydrogen) atoms. The molecule has 0 aromatic heterocycles. The summed E-state index contributed by atoms with van der Waals surface area (Å²) in [5.41, 5.74) is 1.92. The summed E-state index contributed by atoms with van der Waals surface area (Å²) < 4.78 is 0.